The minimum absolute atomic E-state index is 0.0111. The van der Waals surface area contributed by atoms with Gasteiger partial charge in [0.05, 0.1) is 25.0 Å². The molecule has 0 spiro atoms. The number of hydrogen-bond donors (Lipinski definition) is 2. The first kappa shape index (κ1) is 16.4. The monoisotopic (exact) mass is 296 g/mol. The van der Waals surface area contributed by atoms with Crippen molar-refractivity contribution in [3.05, 3.63) is 0 Å². The number of nitrogens with zero attached hydrogens (tertiary/aromatic N) is 4. The van der Waals surface area contributed by atoms with Gasteiger partial charge in [0, 0.05) is 13.1 Å². The molecule has 0 radical (unpaired) electrons. The standard InChI is InChI=1S/C11H18N6O4/c1-3-17(4-2)11-15-9(12-5-7(18)19)14-10(16-11)13-6-8(20)21/h3-6H2,1-2H3,(H,18,19)(H,20,21)(H2,12,13,14,15,16)/p-2. The number of nitrogens with one attached hydrogen (secondary N) is 2. The predicted octanol–water partition coefficient (Wildman–Crippen LogP) is -2.96. The van der Waals surface area contributed by atoms with Crippen molar-refractivity contribution in [1.29, 1.82) is 0 Å². The van der Waals surface area contributed by atoms with Crippen LogP contribution in [0.2, 0.25) is 0 Å². The second kappa shape index (κ2) is 7.82. The highest BCUT2D eigenvalue weighted by molar-refractivity contribution is 5.70. The number of carbonyl (C=O) groups excluding carboxylic acids is 2. The topological polar surface area (TPSA) is 146 Å². The highest BCUT2D eigenvalue weighted by atomic mass is 16.4. The molecular formula is C11H16N6O4-2. The van der Waals surface area contributed by atoms with Crippen LogP contribution in [0.4, 0.5) is 17.8 Å². The van der Waals surface area contributed by atoms with Crippen LogP contribution in [0.25, 0.3) is 0 Å². The summed E-state index contributed by atoms with van der Waals surface area (Å²) in [4.78, 5) is 34.7. The Balaban J connectivity index is 3.00. The SMILES string of the molecule is CCN(CC)c1nc(NCC(=O)[O-])nc(NCC(=O)[O-])n1. The van der Waals surface area contributed by atoms with Crippen molar-refractivity contribution in [3.63, 3.8) is 0 Å². The Hall–Kier alpha value is -2.65. The number of hydrogen-bond acceptors (Lipinski definition) is 10. The molecule has 10 heteroatoms. The molecule has 1 rings (SSSR count). The van der Waals surface area contributed by atoms with E-state index in [-0.39, 0.29) is 11.9 Å². The van der Waals surface area contributed by atoms with Crippen LogP contribution in [0.3, 0.4) is 0 Å². The molecule has 0 fully saturated rings. The zero-order valence-electron chi connectivity index (χ0n) is 11.8. The maximum atomic E-state index is 10.4. The third-order valence-electron chi connectivity index (χ3n) is 2.45. The fraction of sp³-hybridized carbons (Fsp3) is 0.545. The van der Waals surface area contributed by atoms with Crippen molar-refractivity contribution >= 4 is 29.8 Å². The van der Waals surface area contributed by atoms with Crippen molar-refractivity contribution in [2.45, 2.75) is 13.8 Å². The van der Waals surface area contributed by atoms with Crippen molar-refractivity contribution in [1.82, 2.24) is 15.0 Å². The fourth-order valence-electron chi connectivity index (χ4n) is 1.47. The molecule has 1 aromatic heterocycles. The molecule has 0 unspecified atom stereocenters. The number of aromatic nitrogens is 3. The van der Waals surface area contributed by atoms with Gasteiger partial charge in [-0.05, 0) is 13.8 Å². The highest BCUT2D eigenvalue weighted by Gasteiger charge is 2.11. The Bertz CT molecular complexity index is 469. The summed E-state index contributed by atoms with van der Waals surface area (Å²) in [7, 11) is 0. The van der Waals surface area contributed by atoms with Crippen LogP contribution in [-0.2, 0) is 9.59 Å². The van der Waals surface area contributed by atoms with E-state index >= 15 is 0 Å². The molecular weight excluding hydrogens is 280 g/mol. The van der Waals surface area contributed by atoms with Crippen molar-refractivity contribution in [3.8, 4) is 0 Å². The van der Waals surface area contributed by atoms with Crippen LogP contribution in [0, 0.1) is 0 Å². The van der Waals surface area contributed by atoms with Gasteiger partial charge >= 0.3 is 0 Å². The Morgan fingerprint density at radius 1 is 0.952 bits per heavy atom. The van der Waals surface area contributed by atoms with E-state index in [1.54, 1.807) is 4.90 Å². The first-order valence-corrected chi connectivity index (χ1v) is 6.34. The van der Waals surface area contributed by atoms with Gasteiger partial charge in [0.15, 0.2) is 0 Å². The maximum absolute atomic E-state index is 10.4. The van der Waals surface area contributed by atoms with Crippen LogP contribution >= 0.6 is 0 Å². The van der Waals surface area contributed by atoms with Gasteiger partial charge in [0.25, 0.3) is 0 Å². The zero-order valence-corrected chi connectivity index (χ0v) is 11.8. The molecule has 0 saturated heterocycles. The number of rotatable bonds is 9. The second-order valence-corrected chi connectivity index (χ2v) is 3.91. The van der Waals surface area contributed by atoms with Crippen molar-refractivity contribution < 1.29 is 19.8 Å². The highest BCUT2D eigenvalue weighted by Crippen LogP contribution is 2.13. The molecule has 116 valence electrons. The molecule has 1 aromatic rings. The molecule has 0 saturated carbocycles. The molecule has 21 heavy (non-hydrogen) atoms. The van der Waals surface area contributed by atoms with E-state index in [1.807, 2.05) is 13.8 Å². The van der Waals surface area contributed by atoms with Crippen molar-refractivity contribution in [2.75, 3.05) is 41.7 Å². The minimum Gasteiger partial charge on any atom is -0.548 e. The van der Waals surface area contributed by atoms with E-state index in [0.717, 1.165) is 0 Å². The molecule has 0 bridgehead atoms. The third-order valence-corrected chi connectivity index (χ3v) is 2.45. The summed E-state index contributed by atoms with van der Waals surface area (Å²) in [6.07, 6.45) is 0. The lowest BCUT2D eigenvalue weighted by Crippen LogP contribution is -2.32. The van der Waals surface area contributed by atoms with E-state index < -0.39 is 25.0 Å². The van der Waals surface area contributed by atoms with Gasteiger partial charge in [-0.1, -0.05) is 0 Å². The number of carbonyl (C=O) groups is 2. The smallest absolute Gasteiger partial charge is 0.231 e. The molecule has 0 atom stereocenters. The summed E-state index contributed by atoms with van der Waals surface area (Å²) >= 11 is 0. The normalized spacial score (nSPS) is 10.0. The molecule has 10 nitrogen and oxygen atoms in total. The Morgan fingerprint density at radius 2 is 1.38 bits per heavy atom. The number of anilines is 3. The van der Waals surface area contributed by atoms with Crippen LogP contribution in [0.15, 0.2) is 0 Å². The van der Waals surface area contributed by atoms with E-state index in [2.05, 4.69) is 25.6 Å². The minimum atomic E-state index is -1.32. The van der Waals surface area contributed by atoms with E-state index in [1.165, 1.54) is 0 Å². The Morgan fingerprint density at radius 3 is 1.71 bits per heavy atom. The van der Waals surface area contributed by atoms with Gasteiger partial charge in [0.2, 0.25) is 17.8 Å². The van der Waals surface area contributed by atoms with E-state index in [0.29, 0.717) is 19.0 Å². The van der Waals surface area contributed by atoms with Crippen LogP contribution in [-0.4, -0.2) is 53.1 Å². The van der Waals surface area contributed by atoms with Gasteiger partial charge in [-0.25, -0.2) is 0 Å². The predicted molar refractivity (Wildman–Crippen MR) is 70.4 cm³/mol. The Labute approximate surface area is 121 Å². The van der Waals surface area contributed by atoms with Gasteiger partial charge in [-0.15, -0.1) is 0 Å². The average molecular weight is 296 g/mol. The first-order chi connectivity index (χ1) is 9.96. The van der Waals surface area contributed by atoms with Gasteiger partial charge < -0.3 is 35.3 Å². The van der Waals surface area contributed by atoms with Crippen LogP contribution in [0.1, 0.15) is 13.8 Å². The lowest BCUT2D eigenvalue weighted by molar-refractivity contribution is -0.304. The summed E-state index contributed by atoms with van der Waals surface area (Å²) < 4.78 is 0. The molecule has 0 aromatic carbocycles. The maximum Gasteiger partial charge on any atom is 0.231 e. The second-order valence-electron chi connectivity index (χ2n) is 3.91. The number of carboxylic acids is 2. The van der Waals surface area contributed by atoms with Gasteiger partial charge in [-0.2, -0.15) is 15.0 Å². The number of carboxylic acid groups (broad SMARTS) is 2. The summed E-state index contributed by atoms with van der Waals surface area (Å²) in [5, 5.41) is 25.8. The molecule has 0 aliphatic carbocycles. The summed E-state index contributed by atoms with van der Waals surface area (Å²) in [5.41, 5.74) is 0. The van der Waals surface area contributed by atoms with Gasteiger partial charge in [0.1, 0.15) is 0 Å². The zero-order chi connectivity index (χ0) is 15.8. The molecule has 1 heterocycles. The Kier molecular flexibility index (Phi) is 6.11. The fourth-order valence-corrected chi connectivity index (χ4v) is 1.47. The summed E-state index contributed by atoms with van der Waals surface area (Å²) in [6, 6.07) is 0. The summed E-state index contributed by atoms with van der Waals surface area (Å²) in [6.45, 7) is 4.11. The lowest BCUT2D eigenvalue weighted by Gasteiger charge is -2.20. The van der Waals surface area contributed by atoms with E-state index in [4.69, 9.17) is 0 Å². The third kappa shape index (κ3) is 5.47. The quantitative estimate of drug-likeness (QED) is 0.484. The molecule has 0 aliphatic rings. The number of aliphatic carboxylic acids is 2. The van der Waals surface area contributed by atoms with Gasteiger partial charge in [-0.3, -0.25) is 0 Å². The molecule has 2 N–H and O–H groups in total. The van der Waals surface area contributed by atoms with Crippen molar-refractivity contribution in [2.24, 2.45) is 0 Å². The molecule has 0 aliphatic heterocycles. The van der Waals surface area contributed by atoms with E-state index in [9.17, 15) is 19.8 Å². The van der Waals surface area contributed by atoms with Crippen LogP contribution in [0.5, 0.6) is 0 Å². The average Bonchev–Trinajstić information content (AvgIpc) is 2.44. The first-order valence-electron chi connectivity index (χ1n) is 6.34. The largest absolute Gasteiger partial charge is 0.548 e. The summed E-state index contributed by atoms with van der Waals surface area (Å²) in [5.74, 6) is -2.31. The lowest BCUT2D eigenvalue weighted by atomic mass is 10.5. The molecule has 0 amide bonds. The van der Waals surface area contributed by atoms with Crippen LogP contribution < -0.4 is 25.7 Å².